The van der Waals surface area contributed by atoms with Crippen LogP contribution in [0.25, 0.3) is 58.8 Å². The number of rotatable bonds is 6. The zero-order valence-corrected chi connectivity index (χ0v) is 32.7. The second-order valence-corrected chi connectivity index (χ2v) is 16.5. The summed E-state index contributed by atoms with van der Waals surface area (Å²) < 4.78 is 18.9. The maximum absolute atomic E-state index is 14.2. The number of hydrogen-bond acceptors (Lipinski definition) is 2. The largest absolute Gasteiger partial charge is 0.310 e. The first-order chi connectivity index (χ1) is 29.2. The SMILES string of the molecule is Fc1ccc(-n2c3ccccc3c3cc(N(c4ccc5c(c4)C(c4ccccc4)(c4ccccc4)c4ccccc4-5)c4ccc5c(c4)sc4ccccc45)ccc32)cc1. The molecule has 0 saturated heterocycles. The Labute approximate surface area is 345 Å². The lowest BCUT2D eigenvalue weighted by Crippen LogP contribution is -2.28. The van der Waals surface area contributed by atoms with Crippen LogP contribution in [0.4, 0.5) is 21.5 Å². The molecule has 0 radical (unpaired) electrons. The van der Waals surface area contributed by atoms with Gasteiger partial charge in [0.1, 0.15) is 5.82 Å². The first-order valence-corrected chi connectivity index (χ1v) is 20.8. The average Bonchev–Trinajstić information content (AvgIpc) is 3.93. The summed E-state index contributed by atoms with van der Waals surface area (Å²) in [6, 6.07) is 75.7. The predicted molar refractivity (Wildman–Crippen MR) is 246 cm³/mol. The normalized spacial score (nSPS) is 13.0. The van der Waals surface area contributed by atoms with E-state index in [1.165, 1.54) is 65.7 Å². The zero-order chi connectivity index (χ0) is 39.1. The first kappa shape index (κ1) is 33.8. The number of aromatic nitrogens is 1. The van der Waals surface area contributed by atoms with Crippen molar-refractivity contribution < 1.29 is 4.39 Å². The van der Waals surface area contributed by atoms with E-state index in [4.69, 9.17) is 0 Å². The molecule has 0 N–H and O–H groups in total. The van der Waals surface area contributed by atoms with Crippen LogP contribution in [0.5, 0.6) is 0 Å². The highest BCUT2D eigenvalue weighted by atomic mass is 32.1. The van der Waals surface area contributed by atoms with Gasteiger partial charge in [-0.15, -0.1) is 11.3 Å². The van der Waals surface area contributed by atoms with Crippen molar-refractivity contribution in [2.45, 2.75) is 5.41 Å². The second-order valence-electron chi connectivity index (χ2n) is 15.4. The van der Waals surface area contributed by atoms with E-state index in [1.807, 2.05) is 23.5 Å². The highest BCUT2D eigenvalue weighted by molar-refractivity contribution is 7.25. The Morgan fingerprint density at radius 1 is 0.407 bits per heavy atom. The van der Waals surface area contributed by atoms with Crippen molar-refractivity contribution >= 4 is 70.4 Å². The highest BCUT2D eigenvalue weighted by Gasteiger charge is 2.46. The van der Waals surface area contributed by atoms with Gasteiger partial charge in [-0.3, -0.25) is 0 Å². The van der Waals surface area contributed by atoms with Crippen LogP contribution in [-0.2, 0) is 5.41 Å². The van der Waals surface area contributed by atoms with Crippen LogP contribution in [0, 0.1) is 5.82 Å². The minimum Gasteiger partial charge on any atom is -0.310 e. The molecule has 2 heterocycles. The maximum atomic E-state index is 14.2. The summed E-state index contributed by atoms with van der Waals surface area (Å²) in [5, 5.41) is 4.83. The summed E-state index contributed by atoms with van der Waals surface area (Å²) >= 11 is 1.84. The van der Waals surface area contributed by atoms with Gasteiger partial charge >= 0.3 is 0 Å². The lowest BCUT2D eigenvalue weighted by Gasteiger charge is -2.35. The smallest absolute Gasteiger partial charge is 0.123 e. The Morgan fingerprint density at radius 2 is 0.983 bits per heavy atom. The van der Waals surface area contributed by atoms with Crippen LogP contribution in [0.15, 0.2) is 212 Å². The van der Waals surface area contributed by atoms with Gasteiger partial charge in [-0.2, -0.15) is 0 Å². The van der Waals surface area contributed by atoms with Crippen molar-refractivity contribution in [2.24, 2.45) is 0 Å². The number of anilines is 3. The Kier molecular flexibility index (Phi) is 7.53. The summed E-state index contributed by atoms with van der Waals surface area (Å²) in [5.41, 5.74) is 13.3. The van der Waals surface area contributed by atoms with Crippen molar-refractivity contribution in [3.05, 3.63) is 240 Å². The van der Waals surface area contributed by atoms with Gasteiger partial charge in [0.15, 0.2) is 0 Å². The van der Waals surface area contributed by atoms with Gasteiger partial charge in [0.05, 0.1) is 16.4 Å². The molecule has 0 fully saturated rings. The fourth-order valence-electron chi connectivity index (χ4n) is 9.84. The molecule has 0 aliphatic heterocycles. The molecule has 0 spiro atoms. The van der Waals surface area contributed by atoms with Gasteiger partial charge in [-0.1, -0.05) is 133 Å². The first-order valence-electron chi connectivity index (χ1n) is 20.0. The molecule has 0 saturated carbocycles. The fraction of sp³-hybridized carbons (Fsp3) is 0.0182. The number of halogens is 1. The lowest BCUT2D eigenvalue weighted by atomic mass is 9.67. The highest BCUT2D eigenvalue weighted by Crippen LogP contribution is 2.57. The molecule has 1 aliphatic rings. The van der Waals surface area contributed by atoms with Gasteiger partial charge in [-0.05, 0) is 112 Å². The monoisotopic (exact) mass is 774 g/mol. The fourth-order valence-corrected chi connectivity index (χ4v) is 11.0. The molecule has 0 bridgehead atoms. The third-order valence-electron chi connectivity index (χ3n) is 12.3. The molecule has 11 aromatic rings. The van der Waals surface area contributed by atoms with E-state index in [-0.39, 0.29) is 5.82 Å². The van der Waals surface area contributed by atoms with Crippen molar-refractivity contribution in [2.75, 3.05) is 4.90 Å². The van der Waals surface area contributed by atoms with Gasteiger partial charge in [0, 0.05) is 53.7 Å². The molecule has 59 heavy (non-hydrogen) atoms. The van der Waals surface area contributed by atoms with E-state index < -0.39 is 5.41 Å². The minimum atomic E-state index is -0.530. The number of thiophene rings is 1. The van der Waals surface area contributed by atoms with Gasteiger partial charge in [0.25, 0.3) is 0 Å². The molecule has 0 amide bonds. The topological polar surface area (TPSA) is 8.17 Å². The van der Waals surface area contributed by atoms with Crippen molar-refractivity contribution in [3.8, 4) is 16.8 Å². The maximum Gasteiger partial charge on any atom is 0.123 e. The van der Waals surface area contributed by atoms with E-state index >= 15 is 0 Å². The van der Waals surface area contributed by atoms with E-state index in [9.17, 15) is 4.39 Å². The molecule has 0 unspecified atom stereocenters. The van der Waals surface area contributed by atoms with Crippen LogP contribution in [-0.4, -0.2) is 4.57 Å². The summed E-state index contributed by atoms with van der Waals surface area (Å²) in [5.74, 6) is -0.246. The Morgan fingerprint density at radius 3 is 1.78 bits per heavy atom. The Bertz CT molecular complexity index is 3360. The van der Waals surface area contributed by atoms with Crippen molar-refractivity contribution in [1.29, 1.82) is 0 Å². The number of hydrogen-bond donors (Lipinski definition) is 0. The third-order valence-corrected chi connectivity index (χ3v) is 13.5. The standard InChI is InChI=1S/C55H35FN2S/c56-38-23-25-39(26-24-38)58-51-21-11-8-18-45(51)48-33-40(29-32-52(48)58)57(42-28-31-47-46-19-9-12-22-53(46)59-54(47)35-42)41-27-30-44-43-17-7-10-20-49(43)55(50(44)34-41,36-13-3-1-4-14-36)37-15-5-2-6-16-37/h1-35H. The summed E-state index contributed by atoms with van der Waals surface area (Å²) in [7, 11) is 0. The minimum absolute atomic E-state index is 0.246. The molecule has 12 rings (SSSR count). The summed E-state index contributed by atoms with van der Waals surface area (Å²) in [4.78, 5) is 2.43. The molecule has 9 aromatic carbocycles. The van der Waals surface area contributed by atoms with Crippen molar-refractivity contribution in [1.82, 2.24) is 4.57 Å². The summed E-state index contributed by atoms with van der Waals surface area (Å²) in [6.45, 7) is 0. The zero-order valence-electron chi connectivity index (χ0n) is 31.9. The molecular formula is C55H35FN2S. The molecular weight excluding hydrogens is 740 g/mol. The quantitative estimate of drug-likeness (QED) is 0.163. The molecule has 278 valence electrons. The van der Waals surface area contributed by atoms with Crippen LogP contribution in [0.1, 0.15) is 22.3 Å². The Balaban J connectivity index is 1.13. The van der Waals surface area contributed by atoms with E-state index in [2.05, 4.69) is 198 Å². The summed E-state index contributed by atoms with van der Waals surface area (Å²) in [6.07, 6.45) is 0. The van der Waals surface area contributed by atoms with Crippen LogP contribution >= 0.6 is 11.3 Å². The van der Waals surface area contributed by atoms with Gasteiger partial charge in [0.2, 0.25) is 0 Å². The molecule has 2 nitrogen and oxygen atoms in total. The predicted octanol–water partition coefficient (Wildman–Crippen LogP) is 15.1. The molecule has 4 heteroatoms. The van der Waals surface area contributed by atoms with Crippen molar-refractivity contribution in [3.63, 3.8) is 0 Å². The molecule has 2 aromatic heterocycles. The number of para-hydroxylation sites is 1. The van der Waals surface area contributed by atoms with Crippen LogP contribution < -0.4 is 4.90 Å². The molecule has 1 aliphatic carbocycles. The van der Waals surface area contributed by atoms with E-state index in [0.717, 1.165) is 44.6 Å². The Hall–Kier alpha value is -7.27. The van der Waals surface area contributed by atoms with Crippen LogP contribution in [0.3, 0.4) is 0 Å². The average molecular weight is 775 g/mol. The number of benzene rings is 9. The second kappa shape index (κ2) is 13.1. The van der Waals surface area contributed by atoms with Gasteiger partial charge < -0.3 is 9.47 Å². The number of fused-ring (bicyclic) bond motifs is 9. The van der Waals surface area contributed by atoms with E-state index in [0.29, 0.717) is 0 Å². The van der Waals surface area contributed by atoms with E-state index in [1.54, 1.807) is 0 Å². The third kappa shape index (κ3) is 5.03. The number of nitrogens with zero attached hydrogens (tertiary/aromatic N) is 2. The van der Waals surface area contributed by atoms with Gasteiger partial charge in [-0.25, -0.2) is 4.39 Å². The molecule has 0 atom stereocenters. The van der Waals surface area contributed by atoms with Crippen LogP contribution in [0.2, 0.25) is 0 Å². The lowest BCUT2D eigenvalue weighted by molar-refractivity contribution is 0.627.